The second-order valence-electron chi connectivity index (χ2n) is 6.09. The van der Waals surface area contributed by atoms with Crippen LogP contribution in [0.1, 0.15) is 12.8 Å². The maximum atomic E-state index is 5.34. The van der Waals surface area contributed by atoms with Gasteiger partial charge in [0.15, 0.2) is 5.82 Å². The van der Waals surface area contributed by atoms with E-state index in [-0.39, 0.29) is 0 Å². The summed E-state index contributed by atoms with van der Waals surface area (Å²) in [6, 6.07) is 2.35. The van der Waals surface area contributed by atoms with E-state index in [1.54, 1.807) is 26.0 Å². The van der Waals surface area contributed by atoms with Crippen molar-refractivity contribution in [3.05, 3.63) is 49.6 Å². The zero-order valence-corrected chi connectivity index (χ0v) is 14.2. The molecule has 1 atom stereocenters. The van der Waals surface area contributed by atoms with Gasteiger partial charge >= 0.3 is 0 Å². The van der Waals surface area contributed by atoms with Crippen molar-refractivity contribution >= 4 is 17.3 Å². The molecule has 25 heavy (non-hydrogen) atoms. The number of nitrogens with zero attached hydrogens (tertiary/aromatic N) is 6. The van der Waals surface area contributed by atoms with Crippen LogP contribution in [0.15, 0.2) is 49.6 Å². The van der Waals surface area contributed by atoms with E-state index in [1.165, 1.54) is 0 Å². The first-order valence-corrected chi connectivity index (χ1v) is 8.29. The molecule has 8 nitrogen and oxygen atoms in total. The van der Waals surface area contributed by atoms with Gasteiger partial charge in [-0.05, 0) is 12.8 Å². The monoisotopic (exact) mass is 339 g/mol. The Morgan fingerprint density at radius 1 is 1.36 bits per heavy atom. The molecule has 0 amide bonds. The van der Waals surface area contributed by atoms with Gasteiger partial charge in [-0.1, -0.05) is 6.58 Å². The van der Waals surface area contributed by atoms with Crippen LogP contribution in [0, 0.1) is 0 Å². The molecule has 0 unspecified atom stereocenters. The number of hydrogen-bond donors (Lipinski definition) is 1. The fourth-order valence-corrected chi connectivity index (χ4v) is 3.35. The van der Waals surface area contributed by atoms with E-state index in [1.807, 2.05) is 28.0 Å². The van der Waals surface area contributed by atoms with Gasteiger partial charge in [0.1, 0.15) is 12.1 Å². The SMILES string of the molecule is C=C1C(n2ccnc2)=CNN1c1cc(N2CCC[C@@H]2COC)ncn1. The normalized spacial score (nSPS) is 20.1. The number of hydrazine groups is 1. The third-order valence-electron chi connectivity index (χ3n) is 4.58. The molecule has 0 radical (unpaired) electrons. The summed E-state index contributed by atoms with van der Waals surface area (Å²) in [5.41, 5.74) is 4.94. The average Bonchev–Trinajstić information content (AvgIpc) is 3.35. The van der Waals surface area contributed by atoms with Crippen molar-refractivity contribution in [3.63, 3.8) is 0 Å². The smallest absolute Gasteiger partial charge is 0.157 e. The van der Waals surface area contributed by atoms with Crippen LogP contribution in [0.3, 0.4) is 0 Å². The summed E-state index contributed by atoms with van der Waals surface area (Å²) in [5.74, 6) is 1.67. The highest BCUT2D eigenvalue weighted by Crippen LogP contribution is 2.30. The molecule has 0 aliphatic carbocycles. The summed E-state index contributed by atoms with van der Waals surface area (Å²) in [6.07, 6.45) is 11.1. The summed E-state index contributed by atoms with van der Waals surface area (Å²) in [5, 5.41) is 1.85. The van der Waals surface area contributed by atoms with Gasteiger partial charge in [0, 0.05) is 38.3 Å². The number of ether oxygens (including phenoxy) is 1. The maximum Gasteiger partial charge on any atom is 0.157 e. The number of anilines is 2. The lowest BCUT2D eigenvalue weighted by molar-refractivity contribution is 0.180. The Kier molecular flexibility index (Phi) is 4.10. The summed E-state index contributed by atoms with van der Waals surface area (Å²) in [7, 11) is 1.74. The molecule has 2 aliphatic heterocycles. The first-order valence-electron chi connectivity index (χ1n) is 8.29. The van der Waals surface area contributed by atoms with E-state index >= 15 is 0 Å². The van der Waals surface area contributed by atoms with Gasteiger partial charge in [-0.15, -0.1) is 0 Å². The average molecular weight is 339 g/mol. The maximum absolute atomic E-state index is 5.34. The molecule has 4 heterocycles. The van der Waals surface area contributed by atoms with Gasteiger partial charge in [0.2, 0.25) is 0 Å². The van der Waals surface area contributed by atoms with Crippen LogP contribution in [-0.4, -0.2) is 45.8 Å². The Labute approximate surface area is 146 Å². The molecule has 1 N–H and O–H groups in total. The van der Waals surface area contributed by atoms with Gasteiger partial charge < -0.3 is 14.2 Å². The number of methoxy groups -OCH3 is 1. The molecule has 1 fully saturated rings. The van der Waals surface area contributed by atoms with Crippen LogP contribution < -0.4 is 15.3 Å². The molecule has 0 spiro atoms. The molecular formula is C17H21N7O. The number of nitrogens with one attached hydrogen (secondary N) is 1. The third-order valence-corrected chi connectivity index (χ3v) is 4.58. The Balaban J connectivity index is 1.56. The third kappa shape index (κ3) is 2.85. The molecule has 2 aromatic rings. The van der Waals surface area contributed by atoms with Gasteiger partial charge in [-0.3, -0.25) is 5.43 Å². The lowest BCUT2D eigenvalue weighted by Crippen LogP contribution is -2.34. The van der Waals surface area contributed by atoms with E-state index in [4.69, 9.17) is 4.74 Å². The van der Waals surface area contributed by atoms with E-state index in [0.717, 1.165) is 42.4 Å². The summed E-state index contributed by atoms with van der Waals surface area (Å²) < 4.78 is 7.25. The standard InChI is InChI=1S/C17H21N7O/c1-13-15(22-7-5-18-12-22)9-21-24(13)17-8-16(19-11-20-17)23-6-3-4-14(23)10-25-2/h5,7-9,11-12,14,21H,1,3-4,6,10H2,2H3/t14-/m1/s1. The number of allylic oxidation sites excluding steroid dienone is 1. The summed E-state index contributed by atoms with van der Waals surface area (Å²) in [4.78, 5) is 15.2. The van der Waals surface area contributed by atoms with E-state index < -0.39 is 0 Å². The molecule has 0 aromatic carbocycles. The van der Waals surface area contributed by atoms with Gasteiger partial charge in [0.25, 0.3) is 0 Å². The van der Waals surface area contributed by atoms with Crippen molar-refractivity contribution in [2.24, 2.45) is 0 Å². The van der Waals surface area contributed by atoms with Crippen LogP contribution in [0.4, 0.5) is 11.6 Å². The number of hydrogen-bond acceptors (Lipinski definition) is 7. The molecule has 130 valence electrons. The van der Waals surface area contributed by atoms with Crippen molar-refractivity contribution < 1.29 is 4.74 Å². The van der Waals surface area contributed by atoms with Crippen LogP contribution in [0.2, 0.25) is 0 Å². The van der Waals surface area contributed by atoms with Crippen molar-refractivity contribution in [1.29, 1.82) is 0 Å². The number of aromatic nitrogens is 4. The zero-order valence-electron chi connectivity index (χ0n) is 14.2. The predicted molar refractivity (Wildman–Crippen MR) is 95.5 cm³/mol. The molecule has 2 aromatic heterocycles. The molecule has 2 aliphatic rings. The minimum Gasteiger partial charge on any atom is -0.383 e. The first kappa shape index (κ1) is 15.6. The van der Waals surface area contributed by atoms with Gasteiger partial charge in [-0.25, -0.2) is 20.0 Å². The zero-order chi connectivity index (χ0) is 17.2. The highest BCUT2D eigenvalue weighted by molar-refractivity contribution is 5.74. The Hall–Kier alpha value is -2.87. The topological polar surface area (TPSA) is 71.3 Å². The van der Waals surface area contributed by atoms with Crippen LogP contribution in [-0.2, 0) is 4.74 Å². The Bertz CT molecular complexity index is 786. The molecule has 4 rings (SSSR count). The van der Waals surface area contributed by atoms with E-state index in [0.29, 0.717) is 12.6 Å². The molecule has 1 saturated heterocycles. The van der Waals surface area contributed by atoms with Crippen molar-refractivity contribution in [2.75, 3.05) is 30.2 Å². The molecule has 0 saturated carbocycles. The van der Waals surface area contributed by atoms with E-state index in [9.17, 15) is 0 Å². The van der Waals surface area contributed by atoms with E-state index in [2.05, 4.69) is 31.9 Å². The molecular weight excluding hydrogens is 318 g/mol. The van der Waals surface area contributed by atoms with Crippen molar-refractivity contribution in [2.45, 2.75) is 18.9 Å². The lowest BCUT2D eigenvalue weighted by Gasteiger charge is -2.26. The first-order chi connectivity index (χ1) is 12.3. The van der Waals surface area contributed by atoms with Gasteiger partial charge in [-0.2, -0.15) is 0 Å². The quantitative estimate of drug-likeness (QED) is 0.887. The summed E-state index contributed by atoms with van der Waals surface area (Å²) >= 11 is 0. The predicted octanol–water partition coefficient (Wildman–Crippen LogP) is 1.63. The van der Waals surface area contributed by atoms with Gasteiger partial charge in [0.05, 0.1) is 30.4 Å². The summed E-state index contributed by atoms with van der Waals surface area (Å²) in [6.45, 7) is 5.87. The molecule has 8 heteroatoms. The molecule has 0 bridgehead atoms. The minimum atomic E-state index is 0.363. The Morgan fingerprint density at radius 2 is 2.24 bits per heavy atom. The Morgan fingerprint density at radius 3 is 3.04 bits per heavy atom. The highest BCUT2D eigenvalue weighted by atomic mass is 16.5. The highest BCUT2D eigenvalue weighted by Gasteiger charge is 2.27. The lowest BCUT2D eigenvalue weighted by atomic mass is 10.2. The van der Waals surface area contributed by atoms with Crippen LogP contribution in [0.25, 0.3) is 5.70 Å². The van der Waals surface area contributed by atoms with Crippen molar-refractivity contribution in [1.82, 2.24) is 24.9 Å². The number of rotatable bonds is 5. The fourth-order valence-electron chi connectivity index (χ4n) is 3.35. The second kappa shape index (κ2) is 6.56. The van der Waals surface area contributed by atoms with Crippen LogP contribution >= 0.6 is 0 Å². The second-order valence-corrected chi connectivity index (χ2v) is 6.09. The van der Waals surface area contributed by atoms with Crippen molar-refractivity contribution in [3.8, 4) is 0 Å². The largest absolute Gasteiger partial charge is 0.383 e. The van der Waals surface area contributed by atoms with Crippen LogP contribution in [0.5, 0.6) is 0 Å². The fraction of sp³-hybridized carbons (Fsp3) is 0.353. The number of imidazole rings is 1. The minimum absolute atomic E-state index is 0.363.